The molecule has 0 radical (unpaired) electrons. The molecule has 9 N–H and O–H groups in total. The summed E-state index contributed by atoms with van der Waals surface area (Å²) in [7, 11) is -3.53. The van der Waals surface area contributed by atoms with Gasteiger partial charge in [-0.25, -0.2) is 9.78 Å². The number of methoxy groups -OCH3 is 1. The Bertz CT molecular complexity index is 1840. The molecule has 0 spiro atoms. The summed E-state index contributed by atoms with van der Waals surface area (Å²) in [6.07, 6.45) is 0.916. The van der Waals surface area contributed by atoms with Gasteiger partial charge in [-0.05, 0) is 69.7 Å². The van der Waals surface area contributed by atoms with Crippen molar-refractivity contribution in [3.63, 3.8) is 0 Å². The molecule has 2 aromatic rings. The molecule has 3 aliphatic rings. The smallest absolute Gasteiger partial charge is 0.418 e. The van der Waals surface area contributed by atoms with Gasteiger partial charge in [-0.1, -0.05) is 5.16 Å². The number of fused-ring (bicyclic) bond motifs is 1. The second-order valence-electron chi connectivity index (χ2n) is 12.9. The van der Waals surface area contributed by atoms with Gasteiger partial charge in [0.05, 0.1) is 12.1 Å². The molecule has 1 saturated carbocycles. The molecule has 3 heterocycles. The largest absolute Gasteiger partial charge is 0.485 e. The highest BCUT2D eigenvalue weighted by atomic mass is 32.3. The first-order valence-corrected chi connectivity index (χ1v) is 17.5. The zero-order valence-corrected chi connectivity index (χ0v) is 29.1. The van der Waals surface area contributed by atoms with Gasteiger partial charge in [-0.15, -0.1) is 15.6 Å². The topological polar surface area (TPSA) is 291 Å². The number of anilines is 1. The van der Waals surface area contributed by atoms with Crippen LogP contribution < -0.4 is 26.8 Å². The number of carboxylic acid groups (broad SMARTS) is 1. The molecule has 1 aliphatic carbocycles. The lowest BCUT2D eigenvalue weighted by Gasteiger charge is -2.50. The Morgan fingerprint density at radius 3 is 2.56 bits per heavy atom. The summed E-state index contributed by atoms with van der Waals surface area (Å²) in [5.41, 5.74) is 9.41. The predicted molar refractivity (Wildman–Crippen MR) is 177 cm³/mol. The van der Waals surface area contributed by atoms with Gasteiger partial charge in [0.1, 0.15) is 23.3 Å². The van der Waals surface area contributed by atoms with Crippen molar-refractivity contribution in [2.45, 2.75) is 88.4 Å². The van der Waals surface area contributed by atoms with Gasteiger partial charge in [0, 0.05) is 30.1 Å². The average Bonchev–Trinajstić information content (AvgIpc) is 3.45. The standard InChI is InChI=1S/C29H38N8O11S2/c1-28(2)22(25(39)37(28)48-50(42,43)44)35-24(38)21(18-12-49-27(32)34-18)36-47-29(3,26(40)41)20-6-5-13-7-17(14(11-45-4)8-19(13)46-20)23(31)33-16-9-15(30)10-16/h7-8,12,15-16,20,22H,5-6,9-11,30H2,1-4H3,(H2,31,33)(H2,32,34)(H,35,38)(H,40,41)(H,42,43,44). The third-order valence-electron chi connectivity index (χ3n) is 8.79. The Labute approximate surface area is 290 Å². The van der Waals surface area contributed by atoms with Gasteiger partial charge in [0.15, 0.2) is 16.9 Å². The highest BCUT2D eigenvalue weighted by molar-refractivity contribution is 7.80. The lowest BCUT2D eigenvalue weighted by atomic mass is 9.84. The minimum absolute atomic E-state index is 0.0484. The van der Waals surface area contributed by atoms with E-state index in [1.165, 1.54) is 33.3 Å². The van der Waals surface area contributed by atoms with Crippen molar-refractivity contribution < 1.29 is 51.1 Å². The summed E-state index contributed by atoms with van der Waals surface area (Å²) >= 11 is 0.956. The van der Waals surface area contributed by atoms with Gasteiger partial charge in [-0.2, -0.15) is 13.5 Å². The van der Waals surface area contributed by atoms with E-state index in [4.69, 9.17) is 35.7 Å². The van der Waals surface area contributed by atoms with Crippen molar-refractivity contribution in [2.75, 3.05) is 12.8 Å². The summed E-state index contributed by atoms with van der Waals surface area (Å²) in [6, 6.07) is 2.36. The number of amidine groups is 1. The number of nitrogens with two attached hydrogens (primary N) is 2. The van der Waals surface area contributed by atoms with Crippen LogP contribution in [0, 0.1) is 5.41 Å². The lowest BCUT2D eigenvalue weighted by molar-refractivity contribution is -0.218. The molecule has 5 rings (SSSR count). The van der Waals surface area contributed by atoms with Gasteiger partial charge in [0.2, 0.25) is 0 Å². The number of hydrogen-bond acceptors (Lipinski definition) is 15. The van der Waals surface area contributed by atoms with Crippen molar-refractivity contribution in [3.8, 4) is 5.75 Å². The number of oxime groups is 1. The van der Waals surface area contributed by atoms with E-state index >= 15 is 0 Å². The quantitative estimate of drug-likeness (QED) is 0.0471. The van der Waals surface area contributed by atoms with Crippen LogP contribution in [0.4, 0.5) is 5.13 Å². The SMILES string of the molecule is COCc1cc2c(cc1C(=N)NC1CC(N)C1)CCC(C(C)(ON=C(C(=O)NC1C(=O)N(OS(=O)(=O)O)C1(C)C)c1csc(N)n1)C(=O)O)O2. The van der Waals surface area contributed by atoms with Crippen LogP contribution in [0.25, 0.3) is 0 Å². The average molecular weight is 739 g/mol. The van der Waals surface area contributed by atoms with Crippen molar-refractivity contribution >= 4 is 56.2 Å². The fourth-order valence-electron chi connectivity index (χ4n) is 5.82. The van der Waals surface area contributed by atoms with Crippen LogP contribution in [0.1, 0.15) is 62.4 Å². The number of benzene rings is 1. The van der Waals surface area contributed by atoms with E-state index in [2.05, 4.69) is 25.1 Å². The fraction of sp³-hybridized carbons (Fsp3) is 0.517. The zero-order valence-electron chi connectivity index (χ0n) is 27.5. The second kappa shape index (κ2) is 13.7. The van der Waals surface area contributed by atoms with E-state index in [-0.39, 0.29) is 41.8 Å². The molecule has 2 amide bonds. The van der Waals surface area contributed by atoms with Crippen molar-refractivity contribution in [2.24, 2.45) is 10.9 Å². The number of ether oxygens (including phenoxy) is 2. The zero-order chi connectivity index (χ0) is 36.8. The molecule has 1 saturated heterocycles. The molecule has 3 unspecified atom stereocenters. The van der Waals surface area contributed by atoms with E-state index in [1.54, 1.807) is 6.07 Å². The van der Waals surface area contributed by atoms with Crippen LogP contribution in [-0.2, 0) is 51.7 Å². The number of aryl methyl sites for hydroxylation is 1. The maximum atomic E-state index is 13.5. The van der Waals surface area contributed by atoms with Gasteiger partial charge >= 0.3 is 16.4 Å². The highest BCUT2D eigenvalue weighted by Gasteiger charge is 2.58. The van der Waals surface area contributed by atoms with Gasteiger partial charge in [0.25, 0.3) is 17.4 Å². The molecule has 3 atom stereocenters. The Morgan fingerprint density at radius 2 is 2.00 bits per heavy atom. The number of amides is 2. The monoisotopic (exact) mass is 738 g/mol. The maximum Gasteiger partial charge on any atom is 0.418 e. The number of nitrogens with zero attached hydrogens (tertiary/aromatic N) is 3. The van der Waals surface area contributed by atoms with E-state index < -0.39 is 57.2 Å². The number of thiazole rings is 1. The Morgan fingerprint density at radius 1 is 1.30 bits per heavy atom. The fourth-order valence-corrected chi connectivity index (χ4v) is 6.83. The second-order valence-corrected chi connectivity index (χ2v) is 14.7. The Hall–Kier alpha value is -4.41. The molecular weight excluding hydrogens is 700 g/mol. The summed E-state index contributed by atoms with van der Waals surface area (Å²) in [6.45, 7) is 4.11. The number of nitrogens with one attached hydrogen (secondary N) is 3. The van der Waals surface area contributed by atoms with Crippen molar-refractivity contribution in [1.82, 2.24) is 20.7 Å². The highest BCUT2D eigenvalue weighted by Crippen LogP contribution is 2.37. The van der Waals surface area contributed by atoms with Crippen LogP contribution in [0.2, 0.25) is 0 Å². The van der Waals surface area contributed by atoms with E-state index in [0.29, 0.717) is 28.4 Å². The predicted octanol–water partition coefficient (Wildman–Crippen LogP) is 0.0742. The third-order valence-corrected chi connectivity index (χ3v) is 9.80. The van der Waals surface area contributed by atoms with Gasteiger partial charge in [-0.3, -0.25) is 19.6 Å². The summed E-state index contributed by atoms with van der Waals surface area (Å²) in [5, 5.41) is 30.3. The number of aliphatic carboxylic acids is 1. The normalized spacial score (nSPS) is 24.1. The number of rotatable bonds is 13. The molecule has 19 nitrogen and oxygen atoms in total. The van der Waals surface area contributed by atoms with Crippen molar-refractivity contribution in [1.29, 1.82) is 5.41 Å². The Balaban J connectivity index is 1.38. The Kier molecular flexibility index (Phi) is 10.1. The molecule has 21 heteroatoms. The first-order chi connectivity index (χ1) is 23.3. The van der Waals surface area contributed by atoms with Gasteiger partial charge < -0.3 is 41.5 Å². The molecule has 2 fully saturated rings. The number of hydroxylamine groups is 2. The molecule has 1 aromatic heterocycles. The van der Waals surface area contributed by atoms with E-state index in [9.17, 15) is 27.9 Å². The third kappa shape index (κ3) is 7.37. The number of hydrogen-bond donors (Lipinski definition) is 7. The number of carbonyl (C=O) groups is 3. The summed E-state index contributed by atoms with van der Waals surface area (Å²) < 4.78 is 47.3. The van der Waals surface area contributed by atoms with Crippen LogP contribution in [0.15, 0.2) is 22.7 Å². The van der Waals surface area contributed by atoms with E-state index in [1.807, 2.05) is 6.07 Å². The summed E-state index contributed by atoms with van der Waals surface area (Å²) in [4.78, 5) is 48.5. The first kappa shape index (κ1) is 36.9. The maximum absolute atomic E-state index is 13.5. The number of β-lactam (4-membered cyclic amide) rings is 1. The minimum Gasteiger partial charge on any atom is -0.485 e. The van der Waals surface area contributed by atoms with Crippen molar-refractivity contribution in [3.05, 3.63) is 39.9 Å². The molecule has 272 valence electrons. The first-order valence-electron chi connectivity index (χ1n) is 15.3. The summed E-state index contributed by atoms with van der Waals surface area (Å²) in [5.74, 6) is -2.92. The number of carboxylic acids is 1. The molecule has 1 aromatic carbocycles. The van der Waals surface area contributed by atoms with Crippen LogP contribution in [0.3, 0.4) is 0 Å². The lowest BCUT2D eigenvalue weighted by Crippen LogP contribution is -2.76. The van der Waals surface area contributed by atoms with E-state index in [0.717, 1.165) is 29.7 Å². The van der Waals surface area contributed by atoms with Crippen LogP contribution in [0.5, 0.6) is 5.75 Å². The van der Waals surface area contributed by atoms with Crippen LogP contribution >= 0.6 is 11.3 Å². The molecule has 2 aliphatic heterocycles. The molecule has 50 heavy (non-hydrogen) atoms. The molecular formula is C29H38N8O11S2. The number of nitrogen functional groups attached to an aromatic ring is 1. The number of carbonyl (C=O) groups excluding carboxylic acids is 2. The number of aromatic nitrogens is 1. The molecule has 0 bridgehead atoms. The minimum atomic E-state index is -5.04. The van der Waals surface area contributed by atoms with Crippen LogP contribution in [-0.4, -0.2) is 99.9 Å².